The maximum absolute atomic E-state index is 11.9. The molecule has 0 aliphatic heterocycles. The molecule has 1 rings (SSSR count). The second-order valence-corrected chi connectivity index (χ2v) is 6.32. The molecule has 0 aromatic heterocycles. The lowest BCUT2D eigenvalue weighted by Gasteiger charge is -2.24. The number of nitrogens with zero attached hydrogens (tertiary/aromatic N) is 1. The van der Waals surface area contributed by atoms with E-state index in [9.17, 15) is 14.4 Å². The number of hydrogen-bond donors (Lipinski definition) is 4. The van der Waals surface area contributed by atoms with Crippen LogP contribution in [0.5, 0.6) is 0 Å². The predicted octanol–water partition coefficient (Wildman–Crippen LogP) is 1.47. The van der Waals surface area contributed by atoms with Crippen molar-refractivity contribution in [1.82, 2.24) is 0 Å². The van der Waals surface area contributed by atoms with Crippen LogP contribution in [0.15, 0.2) is 18.2 Å². The zero-order chi connectivity index (χ0) is 19.2. The van der Waals surface area contributed by atoms with E-state index in [0.717, 1.165) is 4.90 Å². The summed E-state index contributed by atoms with van der Waals surface area (Å²) in [4.78, 5) is 35.1. The number of carbonyl (C=O) groups is 3. The molecule has 0 saturated carbocycles. The normalized spacial score (nSPS) is 10.9. The smallest absolute Gasteiger partial charge is 0.412 e. The molecule has 9 nitrogen and oxygen atoms in total. The number of benzene rings is 1. The van der Waals surface area contributed by atoms with Gasteiger partial charge in [0.2, 0.25) is 0 Å². The van der Waals surface area contributed by atoms with E-state index < -0.39 is 36.7 Å². The fourth-order valence-corrected chi connectivity index (χ4v) is 2.08. The zero-order valence-electron chi connectivity index (χ0n) is 14.4. The Kier molecular flexibility index (Phi) is 6.75. The van der Waals surface area contributed by atoms with Gasteiger partial charge in [0.25, 0.3) is 0 Å². The highest BCUT2D eigenvalue weighted by atomic mass is 16.6. The van der Waals surface area contributed by atoms with Crippen LogP contribution in [0.3, 0.4) is 0 Å². The summed E-state index contributed by atoms with van der Waals surface area (Å²) in [6.07, 6.45) is -0.679. The first-order chi connectivity index (χ1) is 11.5. The van der Waals surface area contributed by atoms with E-state index in [2.05, 4.69) is 5.32 Å². The lowest BCUT2D eigenvalue weighted by atomic mass is 10.1. The Morgan fingerprint density at radius 3 is 2.16 bits per heavy atom. The Bertz CT molecular complexity index is 638. The van der Waals surface area contributed by atoms with E-state index >= 15 is 0 Å². The van der Waals surface area contributed by atoms with E-state index in [4.69, 9.17) is 20.7 Å². The van der Waals surface area contributed by atoms with Crippen molar-refractivity contribution >= 4 is 29.4 Å². The number of carboxylic acid groups (broad SMARTS) is 2. The van der Waals surface area contributed by atoms with Crippen molar-refractivity contribution < 1.29 is 29.3 Å². The second-order valence-electron chi connectivity index (χ2n) is 6.32. The van der Waals surface area contributed by atoms with Crippen LogP contribution < -0.4 is 16.0 Å². The van der Waals surface area contributed by atoms with E-state index in [-0.39, 0.29) is 6.54 Å². The van der Waals surface area contributed by atoms with Gasteiger partial charge in [0.05, 0.1) is 0 Å². The SMILES string of the molecule is CC(C)(C)OC(=O)Nc1ccc(CN)c(N(CC(=O)O)CC(=O)O)c1. The number of nitrogens with one attached hydrogen (secondary N) is 1. The average Bonchev–Trinajstić information content (AvgIpc) is 2.43. The summed E-state index contributed by atoms with van der Waals surface area (Å²) < 4.78 is 5.15. The summed E-state index contributed by atoms with van der Waals surface area (Å²) in [7, 11) is 0. The number of carboxylic acids is 2. The molecule has 0 atom stereocenters. The first kappa shape index (κ1) is 20.2. The minimum Gasteiger partial charge on any atom is -0.480 e. The summed E-state index contributed by atoms with van der Waals surface area (Å²) >= 11 is 0. The Morgan fingerprint density at radius 2 is 1.72 bits per heavy atom. The van der Waals surface area contributed by atoms with E-state index in [1.807, 2.05) is 0 Å². The Morgan fingerprint density at radius 1 is 1.16 bits per heavy atom. The molecule has 0 aliphatic carbocycles. The number of carbonyl (C=O) groups excluding carboxylic acids is 1. The minimum absolute atomic E-state index is 0.0811. The highest BCUT2D eigenvalue weighted by Crippen LogP contribution is 2.25. The molecular formula is C16H23N3O6. The third kappa shape index (κ3) is 7.08. The number of nitrogens with two attached hydrogens (primary N) is 1. The second kappa shape index (κ2) is 8.34. The van der Waals surface area contributed by atoms with Crippen LogP contribution in [0.2, 0.25) is 0 Å². The first-order valence-electron chi connectivity index (χ1n) is 7.53. The number of ether oxygens (including phenoxy) is 1. The van der Waals surface area contributed by atoms with Gasteiger partial charge in [0, 0.05) is 17.9 Å². The van der Waals surface area contributed by atoms with Crippen molar-refractivity contribution in [2.75, 3.05) is 23.3 Å². The van der Waals surface area contributed by atoms with Gasteiger partial charge in [-0.05, 0) is 38.5 Å². The zero-order valence-corrected chi connectivity index (χ0v) is 14.4. The molecule has 0 heterocycles. The lowest BCUT2D eigenvalue weighted by Crippen LogP contribution is -2.35. The molecule has 0 bridgehead atoms. The highest BCUT2D eigenvalue weighted by Gasteiger charge is 2.19. The van der Waals surface area contributed by atoms with Crippen molar-refractivity contribution in [1.29, 1.82) is 0 Å². The summed E-state index contributed by atoms with van der Waals surface area (Å²) in [5.74, 6) is -2.37. The Balaban J connectivity index is 3.12. The summed E-state index contributed by atoms with van der Waals surface area (Å²) in [6.45, 7) is 4.20. The molecule has 0 aliphatic rings. The lowest BCUT2D eigenvalue weighted by molar-refractivity contribution is -0.136. The van der Waals surface area contributed by atoms with Crippen molar-refractivity contribution in [3.63, 3.8) is 0 Å². The third-order valence-corrected chi connectivity index (χ3v) is 2.94. The van der Waals surface area contributed by atoms with Gasteiger partial charge >= 0.3 is 18.0 Å². The van der Waals surface area contributed by atoms with E-state index in [0.29, 0.717) is 16.9 Å². The molecule has 1 aromatic carbocycles. The van der Waals surface area contributed by atoms with Crippen molar-refractivity contribution in [2.45, 2.75) is 32.9 Å². The van der Waals surface area contributed by atoms with Crippen LogP contribution in [-0.4, -0.2) is 46.9 Å². The molecule has 0 saturated heterocycles. The Hall–Kier alpha value is -2.81. The van der Waals surface area contributed by atoms with Crippen molar-refractivity contribution in [3.05, 3.63) is 23.8 Å². The summed E-state index contributed by atoms with van der Waals surface area (Å²) in [6, 6.07) is 4.64. The molecule has 0 unspecified atom stereocenters. The highest BCUT2D eigenvalue weighted by molar-refractivity contribution is 5.87. The molecule has 0 spiro atoms. The molecule has 0 fully saturated rings. The minimum atomic E-state index is -1.19. The maximum Gasteiger partial charge on any atom is 0.412 e. The van der Waals surface area contributed by atoms with Crippen molar-refractivity contribution in [3.8, 4) is 0 Å². The number of amides is 1. The van der Waals surface area contributed by atoms with Gasteiger partial charge in [-0.2, -0.15) is 0 Å². The van der Waals surface area contributed by atoms with E-state index in [1.54, 1.807) is 32.9 Å². The quantitative estimate of drug-likeness (QED) is 0.577. The molecule has 1 amide bonds. The van der Waals surface area contributed by atoms with Gasteiger partial charge in [-0.3, -0.25) is 14.9 Å². The van der Waals surface area contributed by atoms with Gasteiger partial charge in [0.1, 0.15) is 18.7 Å². The van der Waals surface area contributed by atoms with Crippen LogP contribution >= 0.6 is 0 Å². The molecule has 5 N–H and O–H groups in total. The number of aliphatic carboxylic acids is 2. The predicted molar refractivity (Wildman–Crippen MR) is 91.7 cm³/mol. The van der Waals surface area contributed by atoms with Gasteiger partial charge < -0.3 is 25.6 Å². The fourth-order valence-electron chi connectivity index (χ4n) is 2.08. The topological polar surface area (TPSA) is 142 Å². The average molecular weight is 353 g/mol. The van der Waals surface area contributed by atoms with E-state index in [1.165, 1.54) is 6.07 Å². The molecular weight excluding hydrogens is 330 g/mol. The monoisotopic (exact) mass is 353 g/mol. The molecule has 1 aromatic rings. The van der Waals surface area contributed by atoms with Crippen LogP contribution in [0.4, 0.5) is 16.2 Å². The molecule has 138 valence electrons. The van der Waals surface area contributed by atoms with Crippen LogP contribution in [0.1, 0.15) is 26.3 Å². The maximum atomic E-state index is 11.9. The fraction of sp³-hybridized carbons (Fsp3) is 0.438. The Labute approximate surface area is 145 Å². The van der Waals surface area contributed by atoms with Crippen molar-refractivity contribution in [2.24, 2.45) is 5.73 Å². The van der Waals surface area contributed by atoms with Crippen LogP contribution in [0.25, 0.3) is 0 Å². The van der Waals surface area contributed by atoms with Gasteiger partial charge in [0.15, 0.2) is 0 Å². The standard InChI is InChI=1S/C16H23N3O6/c1-16(2,3)25-15(24)18-11-5-4-10(7-17)12(6-11)19(8-13(20)21)9-14(22)23/h4-6H,7-9,17H2,1-3H3,(H,18,24)(H,20,21)(H,22,23). The summed E-state index contributed by atoms with van der Waals surface area (Å²) in [5.41, 5.74) is 6.18. The molecule has 9 heteroatoms. The van der Waals surface area contributed by atoms with Gasteiger partial charge in [-0.1, -0.05) is 6.07 Å². The largest absolute Gasteiger partial charge is 0.480 e. The van der Waals surface area contributed by atoms with Crippen LogP contribution in [0, 0.1) is 0 Å². The summed E-state index contributed by atoms with van der Waals surface area (Å²) in [5, 5.41) is 20.5. The number of anilines is 2. The molecule has 0 radical (unpaired) electrons. The van der Waals surface area contributed by atoms with Gasteiger partial charge in [-0.15, -0.1) is 0 Å². The number of rotatable bonds is 7. The van der Waals surface area contributed by atoms with Gasteiger partial charge in [-0.25, -0.2) is 4.79 Å². The number of hydrogen-bond acceptors (Lipinski definition) is 6. The van der Waals surface area contributed by atoms with Crippen LogP contribution in [-0.2, 0) is 20.9 Å². The first-order valence-corrected chi connectivity index (χ1v) is 7.53. The molecule has 25 heavy (non-hydrogen) atoms. The third-order valence-electron chi connectivity index (χ3n) is 2.94.